The Labute approximate surface area is 594 Å². The van der Waals surface area contributed by atoms with Crippen LogP contribution in [0.4, 0.5) is 0 Å². The van der Waals surface area contributed by atoms with Gasteiger partial charge in [0.15, 0.2) is 12.2 Å². The number of phosphoric ester groups is 2. The topological polar surface area (TPSA) is 237 Å². The van der Waals surface area contributed by atoms with Gasteiger partial charge in [-0.05, 0) is 37.5 Å². The number of rotatable bonds is 77. The smallest absolute Gasteiger partial charge is 0.462 e. The molecule has 576 valence electrons. The van der Waals surface area contributed by atoms with Gasteiger partial charge in [-0.1, -0.05) is 356 Å². The van der Waals surface area contributed by atoms with Gasteiger partial charge in [0.2, 0.25) is 0 Å². The van der Waals surface area contributed by atoms with Crippen LogP contribution in [0.1, 0.15) is 408 Å². The Morgan fingerprint density at radius 1 is 0.299 bits per heavy atom. The van der Waals surface area contributed by atoms with E-state index in [1.54, 1.807) is 0 Å². The highest BCUT2D eigenvalue weighted by atomic mass is 31.2. The van der Waals surface area contributed by atoms with Gasteiger partial charge < -0.3 is 33.8 Å². The molecule has 0 amide bonds. The highest BCUT2D eigenvalue weighted by Gasteiger charge is 2.30. The van der Waals surface area contributed by atoms with Gasteiger partial charge in [-0.3, -0.25) is 37.3 Å². The first-order chi connectivity index (χ1) is 46.9. The van der Waals surface area contributed by atoms with E-state index in [4.69, 9.17) is 37.0 Å². The zero-order valence-corrected chi connectivity index (χ0v) is 65.2. The summed E-state index contributed by atoms with van der Waals surface area (Å²) < 4.78 is 68.6. The number of ether oxygens (including phenoxy) is 4. The molecule has 0 aromatic heterocycles. The third-order valence-corrected chi connectivity index (χ3v) is 20.5. The number of phosphoric acid groups is 2. The molecular weight excluding hydrogens is 1270 g/mol. The summed E-state index contributed by atoms with van der Waals surface area (Å²) in [7, 11) is -9.91. The van der Waals surface area contributed by atoms with E-state index in [0.29, 0.717) is 25.7 Å². The highest BCUT2D eigenvalue weighted by molar-refractivity contribution is 7.47. The maximum Gasteiger partial charge on any atom is 0.472 e. The van der Waals surface area contributed by atoms with Crippen molar-refractivity contribution in [3.8, 4) is 0 Å². The lowest BCUT2D eigenvalue weighted by atomic mass is 9.99. The standard InChI is InChI=1S/C78H152O17P2/c1-7-10-12-14-16-18-20-21-25-31-38-44-50-56-62-77(82)94-73(66-88-75(80)60-54-48-42-36-28-19-17-15-13-11-8-2)68-92-96(84,85)90-64-72(79)65-91-97(86,87)93-69-74(67-89-76(81)61-55-49-43-37-33-27-29-34-40-46-52-58-70(4)5)95-78(83)63-57-51-45-39-32-26-23-22-24-30-35-41-47-53-59-71(6)9-3/h70-74,79H,7-69H2,1-6H3,(H,84,85)(H,86,87)/t71?,72-,73+,74+/m0/s1. The van der Waals surface area contributed by atoms with Gasteiger partial charge in [0.1, 0.15) is 19.3 Å². The van der Waals surface area contributed by atoms with Crippen molar-refractivity contribution in [2.24, 2.45) is 11.8 Å². The zero-order chi connectivity index (χ0) is 71.4. The van der Waals surface area contributed by atoms with Gasteiger partial charge in [0.05, 0.1) is 26.4 Å². The van der Waals surface area contributed by atoms with E-state index in [1.807, 2.05) is 0 Å². The average molecular weight is 1420 g/mol. The lowest BCUT2D eigenvalue weighted by Gasteiger charge is -2.21. The lowest BCUT2D eigenvalue weighted by Crippen LogP contribution is -2.30. The molecule has 0 aliphatic heterocycles. The van der Waals surface area contributed by atoms with Crippen LogP contribution in [0, 0.1) is 11.8 Å². The van der Waals surface area contributed by atoms with Crippen molar-refractivity contribution in [2.75, 3.05) is 39.6 Å². The summed E-state index contributed by atoms with van der Waals surface area (Å²) in [5.74, 6) is -0.493. The second-order valence-corrected chi connectivity index (χ2v) is 31.7. The van der Waals surface area contributed by atoms with Crippen LogP contribution in [0.2, 0.25) is 0 Å². The van der Waals surface area contributed by atoms with Gasteiger partial charge in [-0.25, -0.2) is 9.13 Å². The van der Waals surface area contributed by atoms with Crippen LogP contribution in [0.3, 0.4) is 0 Å². The van der Waals surface area contributed by atoms with Crippen LogP contribution < -0.4 is 0 Å². The van der Waals surface area contributed by atoms with Crippen molar-refractivity contribution in [1.29, 1.82) is 0 Å². The minimum atomic E-state index is -4.96. The predicted octanol–water partition coefficient (Wildman–Crippen LogP) is 23.1. The number of carbonyl (C=O) groups is 4. The quantitative estimate of drug-likeness (QED) is 0.0222. The second-order valence-electron chi connectivity index (χ2n) is 28.8. The molecular formula is C78H152O17P2. The maximum atomic E-state index is 13.1. The predicted molar refractivity (Wildman–Crippen MR) is 395 cm³/mol. The minimum absolute atomic E-state index is 0.108. The summed E-state index contributed by atoms with van der Waals surface area (Å²) in [5.41, 5.74) is 0. The van der Waals surface area contributed by atoms with Crippen LogP contribution in [-0.2, 0) is 65.4 Å². The summed E-state index contributed by atoms with van der Waals surface area (Å²) >= 11 is 0. The Kier molecular flexibility index (Phi) is 68.4. The fourth-order valence-electron chi connectivity index (χ4n) is 12.0. The van der Waals surface area contributed by atoms with E-state index in [1.165, 1.54) is 225 Å². The Morgan fingerprint density at radius 2 is 0.526 bits per heavy atom. The largest absolute Gasteiger partial charge is 0.472 e. The fraction of sp³-hybridized carbons (Fsp3) is 0.949. The van der Waals surface area contributed by atoms with Crippen molar-refractivity contribution in [1.82, 2.24) is 0 Å². The molecule has 0 saturated carbocycles. The van der Waals surface area contributed by atoms with E-state index in [-0.39, 0.29) is 25.7 Å². The molecule has 0 radical (unpaired) electrons. The minimum Gasteiger partial charge on any atom is -0.462 e. The molecule has 3 N–H and O–H groups in total. The van der Waals surface area contributed by atoms with Crippen LogP contribution in [0.15, 0.2) is 0 Å². The van der Waals surface area contributed by atoms with E-state index in [0.717, 1.165) is 102 Å². The van der Waals surface area contributed by atoms with E-state index >= 15 is 0 Å². The number of unbranched alkanes of at least 4 members (excludes halogenated alkanes) is 46. The number of hydrogen-bond acceptors (Lipinski definition) is 15. The summed E-state index contributed by atoms with van der Waals surface area (Å²) in [6.45, 7) is 9.67. The first kappa shape index (κ1) is 95.1. The van der Waals surface area contributed by atoms with Crippen molar-refractivity contribution >= 4 is 39.5 Å². The number of hydrogen-bond donors (Lipinski definition) is 3. The normalized spacial score (nSPS) is 14.2. The first-order valence-electron chi connectivity index (χ1n) is 40.5. The van der Waals surface area contributed by atoms with Crippen LogP contribution >= 0.6 is 15.6 Å². The molecule has 0 heterocycles. The summed E-state index contributed by atoms with van der Waals surface area (Å²) in [5, 5.41) is 10.6. The number of aliphatic hydroxyl groups is 1. The molecule has 0 aliphatic carbocycles. The maximum absolute atomic E-state index is 13.1. The molecule has 3 unspecified atom stereocenters. The van der Waals surface area contributed by atoms with E-state index in [2.05, 4.69) is 41.5 Å². The third-order valence-electron chi connectivity index (χ3n) is 18.6. The van der Waals surface area contributed by atoms with Crippen LogP contribution in [-0.4, -0.2) is 96.7 Å². The highest BCUT2D eigenvalue weighted by Crippen LogP contribution is 2.45. The second kappa shape index (κ2) is 69.8. The van der Waals surface area contributed by atoms with Crippen LogP contribution in [0.5, 0.6) is 0 Å². The van der Waals surface area contributed by atoms with Crippen molar-refractivity contribution in [2.45, 2.75) is 426 Å². The molecule has 17 nitrogen and oxygen atoms in total. The Balaban J connectivity index is 5.26. The molecule has 0 aromatic carbocycles. The summed E-state index contributed by atoms with van der Waals surface area (Å²) in [6, 6.07) is 0. The zero-order valence-electron chi connectivity index (χ0n) is 63.4. The molecule has 0 saturated heterocycles. The van der Waals surface area contributed by atoms with Gasteiger partial charge >= 0.3 is 39.5 Å². The molecule has 19 heteroatoms. The van der Waals surface area contributed by atoms with Gasteiger partial charge in [0.25, 0.3) is 0 Å². The Bertz CT molecular complexity index is 1870. The van der Waals surface area contributed by atoms with Gasteiger partial charge in [-0.2, -0.15) is 0 Å². The van der Waals surface area contributed by atoms with Crippen LogP contribution in [0.25, 0.3) is 0 Å². The first-order valence-corrected chi connectivity index (χ1v) is 43.5. The lowest BCUT2D eigenvalue weighted by molar-refractivity contribution is -0.161. The molecule has 6 atom stereocenters. The molecule has 0 bridgehead atoms. The van der Waals surface area contributed by atoms with Gasteiger partial charge in [0, 0.05) is 25.7 Å². The Hall–Kier alpha value is -1.94. The van der Waals surface area contributed by atoms with E-state index < -0.39 is 97.5 Å². The summed E-state index contributed by atoms with van der Waals surface area (Å²) in [6.07, 6.45) is 58.0. The number of carbonyl (C=O) groups excluding carboxylic acids is 4. The molecule has 0 aromatic rings. The number of esters is 4. The molecule has 0 fully saturated rings. The van der Waals surface area contributed by atoms with Crippen molar-refractivity contribution in [3.05, 3.63) is 0 Å². The number of aliphatic hydroxyl groups excluding tert-OH is 1. The van der Waals surface area contributed by atoms with E-state index in [9.17, 15) is 43.2 Å². The monoisotopic (exact) mass is 1420 g/mol. The SMILES string of the molecule is CCCCCCCCCCCCCCCCC(=O)O[C@H](COC(=O)CCCCCCCCCCCCC)COP(=O)(O)OC[C@H](O)COP(=O)(O)OC[C@@H](COC(=O)CCCCCCCCCCCCCC(C)C)OC(=O)CCCCCCCCCCCCCCCCC(C)CC. The average Bonchev–Trinajstić information content (AvgIpc) is 1.46. The Morgan fingerprint density at radius 3 is 0.784 bits per heavy atom. The van der Waals surface area contributed by atoms with Crippen molar-refractivity contribution < 1.29 is 80.2 Å². The molecule has 0 spiro atoms. The third kappa shape index (κ3) is 70.9. The summed E-state index contributed by atoms with van der Waals surface area (Å²) in [4.78, 5) is 72.9. The molecule has 97 heavy (non-hydrogen) atoms. The fourth-order valence-corrected chi connectivity index (χ4v) is 13.6. The van der Waals surface area contributed by atoms with Crippen molar-refractivity contribution in [3.63, 3.8) is 0 Å². The molecule has 0 rings (SSSR count). The molecule has 0 aliphatic rings. The van der Waals surface area contributed by atoms with Gasteiger partial charge in [-0.15, -0.1) is 0 Å².